The molecule has 3 heterocycles. The van der Waals surface area contributed by atoms with Crippen LogP contribution in [0.3, 0.4) is 0 Å². The second-order valence-corrected chi connectivity index (χ2v) is 5.99. The van der Waals surface area contributed by atoms with E-state index in [0.29, 0.717) is 18.4 Å². The van der Waals surface area contributed by atoms with Crippen LogP contribution in [-0.4, -0.2) is 47.7 Å². The third-order valence-corrected chi connectivity index (χ3v) is 4.65. The van der Waals surface area contributed by atoms with E-state index in [2.05, 4.69) is 10.2 Å². The van der Waals surface area contributed by atoms with Crippen molar-refractivity contribution >= 4 is 18.4 Å². The third kappa shape index (κ3) is 3.96. The van der Waals surface area contributed by atoms with Crippen LogP contribution in [0.5, 0.6) is 0 Å². The minimum Gasteiger partial charge on any atom is -0.480 e. The number of nitrogens with zero attached hydrogens (tertiary/aromatic N) is 1. The van der Waals surface area contributed by atoms with Crippen LogP contribution in [0.25, 0.3) is 0 Å². The lowest BCUT2D eigenvalue weighted by Gasteiger charge is -2.45. The molecule has 2 bridgehead atoms. The fourth-order valence-corrected chi connectivity index (χ4v) is 3.48. The van der Waals surface area contributed by atoms with Crippen molar-refractivity contribution < 1.29 is 9.90 Å². The van der Waals surface area contributed by atoms with Crippen LogP contribution in [0.15, 0.2) is 30.3 Å². The SMILES string of the molecule is Cl.O=C(O)[C@H](Cc1ccccc1)NC1CN2CCC1CC2. The van der Waals surface area contributed by atoms with Crippen LogP contribution in [0.1, 0.15) is 18.4 Å². The number of piperidine rings is 3. The van der Waals surface area contributed by atoms with Crippen LogP contribution in [0, 0.1) is 5.92 Å². The Morgan fingerprint density at radius 1 is 1.29 bits per heavy atom. The highest BCUT2D eigenvalue weighted by Gasteiger charge is 2.36. The Hall–Kier alpha value is -1.10. The summed E-state index contributed by atoms with van der Waals surface area (Å²) in [5.74, 6) is -0.0945. The smallest absolute Gasteiger partial charge is 0.321 e. The van der Waals surface area contributed by atoms with Crippen molar-refractivity contribution in [3.63, 3.8) is 0 Å². The lowest BCUT2D eigenvalue weighted by atomic mass is 9.83. The van der Waals surface area contributed by atoms with Gasteiger partial charge in [0.15, 0.2) is 0 Å². The maximum atomic E-state index is 11.5. The van der Waals surface area contributed by atoms with Gasteiger partial charge in [0.25, 0.3) is 0 Å². The number of halogens is 1. The second kappa shape index (κ2) is 7.25. The molecule has 0 aromatic heterocycles. The molecule has 1 aromatic carbocycles. The molecule has 0 amide bonds. The summed E-state index contributed by atoms with van der Waals surface area (Å²) in [5.41, 5.74) is 1.08. The van der Waals surface area contributed by atoms with Gasteiger partial charge in [0.1, 0.15) is 6.04 Å². The minimum absolute atomic E-state index is 0. The average molecular weight is 311 g/mol. The summed E-state index contributed by atoms with van der Waals surface area (Å²) in [5, 5.41) is 12.9. The molecule has 116 valence electrons. The highest BCUT2D eigenvalue weighted by molar-refractivity contribution is 5.85. The average Bonchev–Trinajstić information content (AvgIpc) is 2.49. The molecule has 0 saturated carbocycles. The molecule has 2 N–H and O–H groups in total. The monoisotopic (exact) mass is 310 g/mol. The van der Waals surface area contributed by atoms with Gasteiger partial charge in [-0.15, -0.1) is 12.4 Å². The van der Waals surface area contributed by atoms with E-state index in [1.165, 1.54) is 25.9 Å². The van der Waals surface area contributed by atoms with Gasteiger partial charge in [-0.2, -0.15) is 0 Å². The van der Waals surface area contributed by atoms with Crippen LogP contribution in [0.4, 0.5) is 0 Å². The molecule has 0 radical (unpaired) electrons. The Labute approximate surface area is 131 Å². The molecule has 1 aromatic rings. The molecule has 3 fully saturated rings. The van der Waals surface area contributed by atoms with Crippen molar-refractivity contribution in [3.05, 3.63) is 35.9 Å². The molecule has 0 aliphatic carbocycles. The van der Waals surface area contributed by atoms with Gasteiger partial charge in [-0.05, 0) is 43.8 Å². The van der Waals surface area contributed by atoms with Gasteiger partial charge in [0, 0.05) is 12.6 Å². The molecule has 2 atom stereocenters. The Kier molecular flexibility index (Phi) is 5.62. The van der Waals surface area contributed by atoms with Crippen LogP contribution < -0.4 is 5.32 Å². The van der Waals surface area contributed by atoms with Gasteiger partial charge in [0.2, 0.25) is 0 Å². The molecule has 0 spiro atoms. The molecular weight excluding hydrogens is 288 g/mol. The standard InChI is InChI=1S/C16H22N2O2.ClH/c19-16(20)14(10-12-4-2-1-3-5-12)17-15-11-18-8-6-13(15)7-9-18;/h1-5,13-15,17H,6-11H2,(H,19,20);1H/t14-,15?;/m0./s1. The van der Waals surface area contributed by atoms with E-state index < -0.39 is 12.0 Å². The normalized spacial score (nSPS) is 28.7. The molecule has 4 nitrogen and oxygen atoms in total. The van der Waals surface area contributed by atoms with E-state index in [-0.39, 0.29) is 12.4 Å². The van der Waals surface area contributed by atoms with E-state index in [4.69, 9.17) is 0 Å². The summed E-state index contributed by atoms with van der Waals surface area (Å²) >= 11 is 0. The Bertz CT molecular complexity index is 461. The van der Waals surface area contributed by atoms with E-state index >= 15 is 0 Å². The maximum Gasteiger partial charge on any atom is 0.321 e. The fraction of sp³-hybridized carbons (Fsp3) is 0.562. The molecule has 3 aliphatic heterocycles. The molecule has 1 unspecified atom stereocenters. The molecule has 3 saturated heterocycles. The van der Waals surface area contributed by atoms with Crippen LogP contribution >= 0.6 is 12.4 Å². The van der Waals surface area contributed by atoms with Crippen LogP contribution in [-0.2, 0) is 11.2 Å². The Balaban J connectivity index is 0.00000161. The van der Waals surface area contributed by atoms with Gasteiger partial charge < -0.3 is 10.0 Å². The molecule has 21 heavy (non-hydrogen) atoms. The van der Waals surface area contributed by atoms with Crippen molar-refractivity contribution in [1.82, 2.24) is 10.2 Å². The highest BCUT2D eigenvalue weighted by atomic mass is 35.5. The number of fused-ring (bicyclic) bond motifs is 3. The molecule has 5 heteroatoms. The van der Waals surface area contributed by atoms with Crippen molar-refractivity contribution in [2.24, 2.45) is 5.92 Å². The van der Waals surface area contributed by atoms with Crippen molar-refractivity contribution in [1.29, 1.82) is 0 Å². The summed E-state index contributed by atoms with van der Waals surface area (Å²) in [4.78, 5) is 14.0. The largest absolute Gasteiger partial charge is 0.480 e. The van der Waals surface area contributed by atoms with E-state index in [1.807, 2.05) is 30.3 Å². The Morgan fingerprint density at radius 3 is 2.48 bits per heavy atom. The number of hydrogen-bond acceptors (Lipinski definition) is 3. The summed E-state index contributed by atoms with van der Waals surface area (Å²) in [7, 11) is 0. The summed E-state index contributed by atoms with van der Waals surface area (Å²) in [6, 6.07) is 9.72. The predicted octanol–water partition coefficient (Wildman–Crippen LogP) is 1.79. The minimum atomic E-state index is -0.745. The van der Waals surface area contributed by atoms with Gasteiger partial charge >= 0.3 is 5.97 Å². The van der Waals surface area contributed by atoms with Crippen molar-refractivity contribution in [3.8, 4) is 0 Å². The summed E-state index contributed by atoms with van der Waals surface area (Å²) in [6.45, 7) is 3.36. The predicted molar refractivity (Wildman–Crippen MR) is 84.9 cm³/mol. The lowest BCUT2D eigenvalue weighted by Crippen LogP contribution is -2.59. The van der Waals surface area contributed by atoms with Crippen LogP contribution in [0.2, 0.25) is 0 Å². The summed E-state index contributed by atoms with van der Waals surface area (Å²) in [6.07, 6.45) is 2.96. The first-order chi connectivity index (χ1) is 9.72. The van der Waals surface area contributed by atoms with Crippen molar-refractivity contribution in [2.45, 2.75) is 31.3 Å². The fourth-order valence-electron chi connectivity index (χ4n) is 3.48. The number of nitrogens with one attached hydrogen (secondary N) is 1. The highest BCUT2D eigenvalue weighted by Crippen LogP contribution is 2.27. The topological polar surface area (TPSA) is 52.6 Å². The van der Waals surface area contributed by atoms with Gasteiger partial charge in [-0.3, -0.25) is 10.1 Å². The number of carbonyl (C=O) groups is 1. The van der Waals surface area contributed by atoms with Gasteiger partial charge in [0.05, 0.1) is 0 Å². The third-order valence-electron chi connectivity index (χ3n) is 4.65. The molecule has 4 rings (SSSR count). The number of carboxylic acid groups (broad SMARTS) is 1. The lowest BCUT2D eigenvalue weighted by molar-refractivity contribution is -0.140. The number of benzene rings is 1. The van der Waals surface area contributed by atoms with E-state index in [1.54, 1.807) is 0 Å². The summed E-state index contributed by atoms with van der Waals surface area (Å²) < 4.78 is 0. The van der Waals surface area contributed by atoms with E-state index in [9.17, 15) is 9.90 Å². The second-order valence-electron chi connectivity index (χ2n) is 5.99. The first kappa shape index (κ1) is 16.3. The molecule has 3 aliphatic rings. The van der Waals surface area contributed by atoms with Gasteiger partial charge in [-0.25, -0.2) is 0 Å². The number of aliphatic carboxylic acids is 1. The van der Waals surface area contributed by atoms with Crippen molar-refractivity contribution in [2.75, 3.05) is 19.6 Å². The van der Waals surface area contributed by atoms with Gasteiger partial charge in [-0.1, -0.05) is 30.3 Å². The number of hydrogen-bond donors (Lipinski definition) is 2. The van der Waals surface area contributed by atoms with E-state index in [0.717, 1.165) is 12.1 Å². The first-order valence-corrected chi connectivity index (χ1v) is 7.47. The zero-order valence-electron chi connectivity index (χ0n) is 12.1. The zero-order chi connectivity index (χ0) is 13.9. The molecular formula is C16H23ClN2O2. The number of rotatable bonds is 5. The maximum absolute atomic E-state index is 11.5. The first-order valence-electron chi connectivity index (χ1n) is 7.47. The Morgan fingerprint density at radius 2 is 1.95 bits per heavy atom. The zero-order valence-corrected chi connectivity index (χ0v) is 12.9. The quantitative estimate of drug-likeness (QED) is 0.870. The number of carboxylic acids is 1.